The van der Waals surface area contributed by atoms with Gasteiger partial charge < -0.3 is 38.8 Å². The Morgan fingerprint density at radius 2 is 0.714 bits per heavy atom. The normalized spacial score (nSPS) is 1.71. The standard InChI is InChI=1S/2CH4S.2Rb.H2S/c2*1-2;;;/h2*2H,1H3;;;1H2/q;;2*+1;/p-3. The van der Waals surface area contributed by atoms with Gasteiger partial charge in [-0.05, 0) is 0 Å². The van der Waals surface area contributed by atoms with Gasteiger partial charge in [-0.1, -0.05) is 0 Å². The largest absolute Gasteiger partial charge is 1.00 e. The van der Waals surface area contributed by atoms with Crippen LogP contribution in [0.2, 0.25) is 0 Å². The minimum Gasteiger partial charge on any atom is -0.813 e. The van der Waals surface area contributed by atoms with E-state index in [4.69, 9.17) is 0 Å². The van der Waals surface area contributed by atoms with Crippen LogP contribution >= 0.6 is 0 Å². The molecule has 0 aromatic heterocycles. The van der Waals surface area contributed by atoms with Crippen molar-refractivity contribution in [1.29, 1.82) is 0 Å². The number of thiol groups is 1. The molecular formula is C2H7Rb2S3-. The second-order valence-electron chi connectivity index (χ2n) is 0. The molecule has 36 valence electrons. The molecule has 0 amide bonds. The maximum absolute atomic E-state index is 4.08. The Morgan fingerprint density at radius 3 is 0.714 bits per heavy atom. The number of hydrogen-bond donors (Lipinski definition) is 0. The summed E-state index contributed by atoms with van der Waals surface area (Å²) in [5.74, 6) is 0. The van der Waals surface area contributed by atoms with E-state index in [9.17, 15) is 0 Å². The van der Waals surface area contributed by atoms with Gasteiger partial charge in [0.25, 0.3) is 0 Å². The Kier molecular flexibility index (Phi) is 195. The van der Waals surface area contributed by atoms with Crippen molar-refractivity contribution in [2.24, 2.45) is 0 Å². The molecule has 0 radical (unpaired) electrons. The summed E-state index contributed by atoms with van der Waals surface area (Å²) < 4.78 is 0. The van der Waals surface area contributed by atoms with E-state index in [0.717, 1.165) is 0 Å². The Bertz CT molecular complexity index is 10.9. The Labute approximate surface area is 162 Å². The van der Waals surface area contributed by atoms with Crippen LogP contribution in [0.4, 0.5) is 0 Å². The molecule has 0 rings (SSSR count). The van der Waals surface area contributed by atoms with Crippen molar-refractivity contribution in [1.82, 2.24) is 0 Å². The fraction of sp³-hybridized carbons (Fsp3) is 1.00. The van der Waals surface area contributed by atoms with Gasteiger partial charge in [-0.15, -0.1) is 0 Å². The van der Waals surface area contributed by atoms with Gasteiger partial charge in [0.15, 0.2) is 0 Å². The molecule has 0 saturated heterocycles. The summed E-state index contributed by atoms with van der Waals surface area (Å²) in [6.07, 6.45) is 3.17. The van der Waals surface area contributed by atoms with E-state index in [0.29, 0.717) is 0 Å². The van der Waals surface area contributed by atoms with Gasteiger partial charge in [0, 0.05) is 0 Å². The molecule has 0 spiro atoms. The quantitative estimate of drug-likeness (QED) is 0.323. The molecule has 0 aliphatic carbocycles. The van der Waals surface area contributed by atoms with Crippen molar-refractivity contribution >= 4 is 38.8 Å². The number of hydrogen-bond acceptors (Lipinski definition) is 3. The molecule has 0 aliphatic rings. The summed E-state index contributed by atoms with van der Waals surface area (Å²) in [6, 6.07) is 0. The number of rotatable bonds is 0. The second-order valence-corrected chi connectivity index (χ2v) is 0. The Hall–Kier alpha value is 4.66. The van der Waals surface area contributed by atoms with Gasteiger partial charge >= 0.3 is 116 Å². The maximum atomic E-state index is 4.08. The first-order valence-corrected chi connectivity index (χ1v) is 2.45. The molecule has 7 heavy (non-hydrogen) atoms. The molecule has 0 aliphatic heterocycles. The van der Waals surface area contributed by atoms with Gasteiger partial charge in [-0.2, -0.15) is 12.5 Å². The molecule has 0 saturated carbocycles. The Morgan fingerprint density at radius 1 is 0.714 bits per heavy atom. The van der Waals surface area contributed by atoms with Crippen LogP contribution in [0.1, 0.15) is 0 Å². The monoisotopic (exact) mass is 297 g/mol. The fourth-order valence-corrected chi connectivity index (χ4v) is 0. The molecule has 0 atom stereocenters. The second kappa shape index (κ2) is 45.8. The van der Waals surface area contributed by atoms with Crippen molar-refractivity contribution in [2.45, 2.75) is 0 Å². The minimum atomic E-state index is 0. The molecule has 0 aromatic rings. The van der Waals surface area contributed by atoms with Gasteiger partial charge in [0.1, 0.15) is 0 Å². The summed E-state index contributed by atoms with van der Waals surface area (Å²) in [5.41, 5.74) is 0. The summed E-state index contributed by atoms with van der Waals surface area (Å²) in [6.45, 7) is 0. The first kappa shape index (κ1) is 29.9. The molecular weight excluding hydrogens is 291 g/mol. The predicted octanol–water partition coefficient (Wildman–Crippen LogP) is -5.94. The van der Waals surface area contributed by atoms with Gasteiger partial charge in [-0.3, -0.25) is 0 Å². The maximum Gasteiger partial charge on any atom is 1.00 e. The van der Waals surface area contributed by atoms with Gasteiger partial charge in [0.2, 0.25) is 0 Å². The van der Waals surface area contributed by atoms with E-state index in [1.807, 2.05) is 0 Å². The van der Waals surface area contributed by atoms with Crippen LogP contribution < -0.4 is 116 Å². The summed E-state index contributed by atoms with van der Waals surface area (Å²) >= 11 is 8.17. The van der Waals surface area contributed by atoms with E-state index in [1.54, 1.807) is 12.5 Å². The van der Waals surface area contributed by atoms with E-state index in [2.05, 4.69) is 25.3 Å². The van der Waals surface area contributed by atoms with Crippen molar-refractivity contribution in [2.75, 3.05) is 12.5 Å². The molecule has 0 fully saturated rings. The van der Waals surface area contributed by atoms with E-state index >= 15 is 0 Å². The summed E-state index contributed by atoms with van der Waals surface area (Å²) in [5, 5.41) is 0. The van der Waals surface area contributed by atoms with Crippen molar-refractivity contribution in [3.05, 3.63) is 0 Å². The molecule has 0 bridgehead atoms. The first-order valence-electron chi connectivity index (χ1n) is 0.816. The predicted molar refractivity (Wildman–Crippen MR) is 35.3 cm³/mol. The Balaban J connectivity index is -0.00000000267. The van der Waals surface area contributed by atoms with Crippen LogP contribution in [-0.4, -0.2) is 12.5 Å². The summed E-state index contributed by atoms with van der Waals surface area (Å²) in [4.78, 5) is 0. The van der Waals surface area contributed by atoms with Crippen LogP contribution in [0.25, 0.3) is 0 Å². The first-order chi connectivity index (χ1) is 2.00. The molecule has 0 N–H and O–H groups in total. The van der Waals surface area contributed by atoms with Crippen LogP contribution in [0.15, 0.2) is 0 Å². The zero-order valence-corrected chi connectivity index (χ0v) is 17.6. The molecule has 5 heteroatoms. The van der Waals surface area contributed by atoms with Crippen molar-refractivity contribution in [3.8, 4) is 0 Å². The molecule has 0 heterocycles. The van der Waals surface area contributed by atoms with Gasteiger partial charge in [0.05, 0.1) is 0 Å². The topological polar surface area (TPSA) is 0 Å². The van der Waals surface area contributed by atoms with Crippen molar-refractivity contribution < 1.29 is 116 Å². The zero-order chi connectivity index (χ0) is 4.00. The third-order valence-corrected chi connectivity index (χ3v) is 0. The minimum absolute atomic E-state index is 0. The van der Waals surface area contributed by atoms with E-state index in [-0.39, 0.29) is 130 Å². The van der Waals surface area contributed by atoms with Crippen LogP contribution in [0.3, 0.4) is 0 Å². The van der Waals surface area contributed by atoms with E-state index < -0.39 is 0 Å². The third kappa shape index (κ3) is 36.8. The van der Waals surface area contributed by atoms with Crippen LogP contribution in [-0.2, 0) is 38.8 Å². The molecule has 0 aromatic carbocycles. The average molecular weight is 298 g/mol. The fourth-order valence-electron chi connectivity index (χ4n) is 0. The van der Waals surface area contributed by atoms with Crippen LogP contribution in [0, 0.1) is 0 Å². The van der Waals surface area contributed by atoms with Crippen molar-refractivity contribution in [3.63, 3.8) is 0 Å². The average Bonchev–Trinajstić information content (AvgIpc) is 1.50. The van der Waals surface area contributed by atoms with Crippen LogP contribution in [0.5, 0.6) is 0 Å². The SMILES string of the molecule is C[S-].C[S-].[Rb+].[Rb+].[SH-]. The van der Waals surface area contributed by atoms with E-state index in [1.165, 1.54) is 0 Å². The van der Waals surface area contributed by atoms with Gasteiger partial charge in [-0.25, -0.2) is 0 Å². The molecule has 0 unspecified atom stereocenters. The molecule has 0 nitrogen and oxygen atoms in total. The summed E-state index contributed by atoms with van der Waals surface area (Å²) in [7, 11) is 0. The smallest absolute Gasteiger partial charge is 0.813 e. The third-order valence-electron chi connectivity index (χ3n) is 0. The zero-order valence-electron chi connectivity index (χ0n) is 5.26.